The lowest BCUT2D eigenvalue weighted by Gasteiger charge is -2.06. The second-order valence-electron chi connectivity index (χ2n) is 3.94. The van der Waals surface area contributed by atoms with Gasteiger partial charge in [-0.25, -0.2) is 4.98 Å². The lowest BCUT2D eigenvalue weighted by molar-refractivity contribution is -0.384. The average molecular weight is 333 g/mol. The molecule has 20 heavy (non-hydrogen) atoms. The van der Waals surface area contributed by atoms with Gasteiger partial charge in [-0.1, -0.05) is 28.1 Å². The van der Waals surface area contributed by atoms with E-state index in [-0.39, 0.29) is 17.1 Å². The molecule has 100 valence electrons. The van der Waals surface area contributed by atoms with Crippen molar-refractivity contribution in [3.63, 3.8) is 0 Å². The predicted molar refractivity (Wildman–Crippen MR) is 77.1 cm³/mol. The summed E-state index contributed by atoms with van der Waals surface area (Å²) in [5.74, 6) is 0.150. The number of halogens is 1. The van der Waals surface area contributed by atoms with Gasteiger partial charge in [-0.05, 0) is 17.7 Å². The van der Waals surface area contributed by atoms with Crippen LogP contribution in [-0.2, 0) is 6.54 Å². The smallest absolute Gasteiger partial charge is 0.312 e. The maximum absolute atomic E-state index is 11.0. The standard InChI is InChI=1S/C13H9BrN4O2/c14-11-3-1-9(2-4-11)7-16-13-12(18(19)20)5-10(6-15)8-17-13/h1-5,8H,7H2,(H,16,17). The molecule has 1 heterocycles. The highest BCUT2D eigenvalue weighted by Gasteiger charge is 2.16. The maximum Gasteiger partial charge on any atom is 0.312 e. The molecule has 0 unspecified atom stereocenters. The summed E-state index contributed by atoms with van der Waals surface area (Å²) < 4.78 is 0.962. The summed E-state index contributed by atoms with van der Waals surface area (Å²) in [5, 5.41) is 22.6. The van der Waals surface area contributed by atoms with Crippen molar-refractivity contribution in [2.24, 2.45) is 0 Å². The topological polar surface area (TPSA) is 91.8 Å². The molecular formula is C13H9BrN4O2. The molecule has 0 atom stereocenters. The zero-order valence-corrected chi connectivity index (χ0v) is 11.8. The van der Waals surface area contributed by atoms with Crippen molar-refractivity contribution in [1.82, 2.24) is 4.98 Å². The van der Waals surface area contributed by atoms with Gasteiger partial charge in [0.25, 0.3) is 0 Å². The van der Waals surface area contributed by atoms with E-state index in [0.29, 0.717) is 6.54 Å². The Morgan fingerprint density at radius 3 is 2.70 bits per heavy atom. The number of rotatable bonds is 4. The first kappa shape index (κ1) is 14.0. The Morgan fingerprint density at radius 1 is 1.40 bits per heavy atom. The summed E-state index contributed by atoms with van der Waals surface area (Å²) in [7, 11) is 0. The van der Waals surface area contributed by atoms with Crippen LogP contribution in [0.5, 0.6) is 0 Å². The van der Waals surface area contributed by atoms with Gasteiger partial charge in [0.2, 0.25) is 5.82 Å². The van der Waals surface area contributed by atoms with Crippen molar-refractivity contribution < 1.29 is 4.92 Å². The van der Waals surface area contributed by atoms with Gasteiger partial charge < -0.3 is 5.32 Å². The minimum absolute atomic E-state index is 0.150. The van der Waals surface area contributed by atoms with Crippen LogP contribution >= 0.6 is 15.9 Å². The fourth-order valence-electron chi connectivity index (χ4n) is 1.58. The average Bonchev–Trinajstić information content (AvgIpc) is 2.46. The van der Waals surface area contributed by atoms with Gasteiger partial charge in [-0.3, -0.25) is 10.1 Å². The highest BCUT2D eigenvalue weighted by Crippen LogP contribution is 2.23. The molecule has 0 bridgehead atoms. The van der Waals surface area contributed by atoms with Crippen LogP contribution in [0, 0.1) is 21.4 Å². The number of nitrogens with zero attached hydrogens (tertiary/aromatic N) is 3. The number of hydrogen-bond donors (Lipinski definition) is 1. The quantitative estimate of drug-likeness (QED) is 0.685. The summed E-state index contributed by atoms with van der Waals surface area (Å²) in [5.41, 5.74) is 0.917. The molecule has 2 aromatic rings. The largest absolute Gasteiger partial charge is 0.360 e. The van der Waals surface area contributed by atoms with Crippen LogP contribution in [-0.4, -0.2) is 9.91 Å². The predicted octanol–water partition coefficient (Wildman–Crippen LogP) is 3.24. The van der Waals surface area contributed by atoms with Crippen LogP contribution in [0.3, 0.4) is 0 Å². The van der Waals surface area contributed by atoms with Crippen molar-refractivity contribution in [3.05, 3.63) is 62.2 Å². The van der Waals surface area contributed by atoms with Gasteiger partial charge in [0.1, 0.15) is 6.07 Å². The van der Waals surface area contributed by atoms with Crippen molar-refractivity contribution in [1.29, 1.82) is 5.26 Å². The molecule has 0 radical (unpaired) electrons. The molecule has 0 saturated carbocycles. The van der Waals surface area contributed by atoms with E-state index < -0.39 is 4.92 Å². The van der Waals surface area contributed by atoms with Crippen molar-refractivity contribution in [2.45, 2.75) is 6.54 Å². The number of hydrogen-bond acceptors (Lipinski definition) is 5. The molecule has 6 nitrogen and oxygen atoms in total. The van der Waals surface area contributed by atoms with Gasteiger partial charge in [0.15, 0.2) is 0 Å². The third kappa shape index (κ3) is 3.30. The molecule has 1 aromatic carbocycles. The molecule has 0 saturated heterocycles. The van der Waals surface area contributed by atoms with E-state index >= 15 is 0 Å². The van der Waals surface area contributed by atoms with Crippen LogP contribution in [0.25, 0.3) is 0 Å². The van der Waals surface area contributed by atoms with E-state index in [2.05, 4.69) is 26.2 Å². The molecule has 1 aromatic heterocycles. The van der Waals surface area contributed by atoms with E-state index in [1.165, 1.54) is 12.3 Å². The second-order valence-corrected chi connectivity index (χ2v) is 4.86. The fraction of sp³-hybridized carbons (Fsp3) is 0.0769. The molecule has 0 aliphatic heterocycles. The number of benzene rings is 1. The molecule has 0 fully saturated rings. The molecular weight excluding hydrogens is 324 g/mol. The Balaban J connectivity index is 2.19. The molecule has 1 N–H and O–H groups in total. The molecule has 7 heteroatoms. The molecule has 0 amide bonds. The lowest BCUT2D eigenvalue weighted by atomic mass is 10.2. The first-order valence-corrected chi connectivity index (χ1v) is 6.42. The summed E-state index contributed by atoms with van der Waals surface area (Å²) in [6, 6.07) is 10.6. The van der Waals surface area contributed by atoms with Crippen molar-refractivity contribution in [3.8, 4) is 6.07 Å². The van der Waals surface area contributed by atoms with Gasteiger partial charge in [-0.2, -0.15) is 5.26 Å². The summed E-state index contributed by atoms with van der Waals surface area (Å²) in [6.45, 7) is 0.410. The van der Waals surface area contributed by atoms with Crippen LogP contribution in [0.1, 0.15) is 11.1 Å². The summed E-state index contributed by atoms with van der Waals surface area (Å²) in [6.07, 6.45) is 1.30. The zero-order valence-electron chi connectivity index (χ0n) is 10.2. The zero-order chi connectivity index (χ0) is 14.5. The van der Waals surface area contributed by atoms with E-state index in [4.69, 9.17) is 5.26 Å². The van der Waals surface area contributed by atoms with Crippen LogP contribution in [0.15, 0.2) is 41.0 Å². The van der Waals surface area contributed by atoms with Gasteiger partial charge >= 0.3 is 5.69 Å². The summed E-state index contributed by atoms with van der Waals surface area (Å²) in [4.78, 5) is 14.3. The maximum atomic E-state index is 11.0. The SMILES string of the molecule is N#Cc1cnc(NCc2ccc(Br)cc2)c([N+](=O)[O-])c1. The Hall–Kier alpha value is -2.46. The number of pyridine rings is 1. The molecule has 0 aliphatic rings. The number of nitrogens with one attached hydrogen (secondary N) is 1. The van der Waals surface area contributed by atoms with E-state index in [1.54, 1.807) is 0 Å². The molecule has 2 rings (SSSR count). The van der Waals surface area contributed by atoms with Gasteiger partial charge in [0.05, 0.1) is 10.5 Å². The number of nitriles is 1. The molecule has 0 aliphatic carbocycles. The first-order valence-electron chi connectivity index (χ1n) is 5.63. The van der Waals surface area contributed by atoms with Crippen LogP contribution in [0.4, 0.5) is 11.5 Å². The Morgan fingerprint density at radius 2 is 2.10 bits per heavy atom. The highest BCUT2D eigenvalue weighted by atomic mass is 79.9. The van der Waals surface area contributed by atoms with Gasteiger partial charge in [-0.15, -0.1) is 0 Å². The van der Waals surface area contributed by atoms with Crippen LogP contribution < -0.4 is 5.32 Å². The Bertz CT molecular complexity index is 680. The number of aromatic nitrogens is 1. The van der Waals surface area contributed by atoms with Crippen LogP contribution in [0.2, 0.25) is 0 Å². The Kier molecular flexibility index (Phi) is 4.27. The number of nitro groups is 1. The minimum Gasteiger partial charge on any atom is -0.360 e. The third-order valence-corrected chi connectivity index (χ3v) is 3.10. The highest BCUT2D eigenvalue weighted by molar-refractivity contribution is 9.10. The number of anilines is 1. The fourth-order valence-corrected chi connectivity index (χ4v) is 1.84. The van der Waals surface area contributed by atoms with Crippen molar-refractivity contribution >= 4 is 27.4 Å². The monoisotopic (exact) mass is 332 g/mol. The third-order valence-electron chi connectivity index (χ3n) is 2.57. The second kappa shape index (κ2) is 6.12. The van der Waals surface area contributed by atoms with E-state index in [9.17, 15) is 10.1 Å². The lowest BCUT2D eigenvalue weighted by Crippen LogP contribution is -2.05. The molecule has 0 spiro atoms. The minimum atomic E-state index is -0.558. The van der Waals surface area contributed by atoms with E-state index in [1.807, 2.05) is 30.3 Å². The Labute approximate surface area is 123 Å². The van der Waals surface area contributed by atoms with E-state index in [0.717, 1.165) is 10.0 Å². The first-order chi connectivity index (χ1) is 9.60. The summed E-state index contributed by atoms with van der Waals surface area (Å²) >= 11 is 3.34. The van der Waals surface area contributed by atoms with Gasteiger partial charge in [0, 0.05) is 23.3 Å². The van der Waals surface area contributed by atoms with Crippen molar-refractivity contribution in [2.75, 3.05) is 5.32 Å². The normalized spacial score (nSPS) is 9.80.